The number of rotatable bonds is 15. The third-order valence-electron chi connectivity index (χ3n) is 4.89. The molecule has 0 bridgehead atoms. The van der Waals surface area contributed by atoms with Crippen molar-refractivity contribution < 1.29 is 23.7 Å². The Morgan fingerprint density at radius 1 is 0.815 bits per heavy atom. The molecule has 0 heterocycles. The molecule has 0 aromatic carbocycles. The first kappa shape index (κ1) is 22.1. The van der Waals surface area contributed by atoms with Crippen LogP contribution >= 0.6 is 0 Å². The van der Waals surface area contributed by atoms with Crippen LogP contribution in [0, 0.1) is 29.6 Å². The molecule has 0 spiro atoms. The molecule has 1 saturated carbocycles. The van der Waals surface area contributed by atoms with Crippen molar-refractivity contribution >= 4 is 5.91 Å². The highest BCUT2D eigenvalue weighted by Crippen LogP contribution is 2.52. The number of hydrogen-bond acceptors (Lipinski definition) is 6. The van der Waals surface area contributed by atoms with Crippen molar-refractivity contribution in [2.24, 2.45) is 23.5 Å². The SMILES string of the molecule is NCCOCCOCCOCCOCCNC(=O)C1[C@H]2CCC#CCC[C@@H]12. The van der Waals surface area contributed by atoms with E-state index in [9.17, 15) is 4.79 Å². The molecule has 2 aliphatic rings. The highest BCUT2D eigenvalue weighted by Gasteiger charge is 2.53. The van der Waals surface area contributed by atoms with E-state index in [0.717, 1.165) is 25.7 Å². The maximum absolute atomic E-state index is 12.3. The van der Waals surface area contributed by atoms with Gasteiger partial charge in [-0.1, -0.05) is 0 Å². The molecule has 7 heteroatoms. The fourth-order valence-corrected chi connectivity index (χ4v) is 3.48. The lowest BCUT2D eigenvalue weighted by Gasteiger charge is -2.08. The van der Waals surface area contributed by atoms with E-state index in [1.807, 2.05) is 0 Å². The molecular formula is C20H34N2O5. The third-order valence-corrected chi connectivity index (χ3v) is 4.89. The summed E-state index contributed by atoms with van der Waals surface area (Å²) < 4.78 is 21.4. The van der Waals surface area contributed by atoms with Crippen LogP contribution in [-0.4, -0.2) is 71.9 Å². The van der Waals surface area contributed by atoms with E-state index in [4.69, 9.17) is 24.7 Å². The van der Waals surface area contributed by atoms with Gasteiger partial charge in [-0.05, 0) is 24.7 Å². The minimum Gasteiger partial charge on any atom is -0.378 e. The van der Waals surface area contributed by atoms with E-state index in [2.05, 4.69) is 17.2 Å². The zero-order valence-corrected chi connectivity index (χ0v) is 16.3. The van der Waals surface area contributed by atoms with E-state index in [-0.39, 0.29) is 11.8 Å². The van der Waals surface area contributed by atoms with Gasteiger partial charge in [-0.3, -0.25) is 4.79 Å². The van der Waals surface area contributed by atoms with Gasteiger partial charge in [-0.2, -0.15) is 0 Å². The van der Waals surface area contributed by atoms with Gasteiger partial charge in [0.25, 0.3) is 0 Å². The Kier molecular flexibility index (Phi) is 11.4. The summed E-state index contributed by atoms with van der Waals surface area (Å²) in [4.78, 5) is 12.3. The molecule has 1 fully saturated rings. The van der Waals surface area contributed by atoms with Crippen LogP contribution in [0.2, 0.25) is 0 Å². The highest BCUT2D eigenvalue weighted by atomic mass is 16.6. The van der Waals surface area contributed by atoms with Gasteiger partial charge in [0.1, 0.15) is 0 Å². The molecule has 27 heavy (non-hydrogen) atoms. The number of fused-ring (bicyclic) bond motifs is 1. The minimum absolute atomic E-state index is 0.180. The van der Waals surface area contributed by atoms with Crippen LogP contribution in [0.25, 0.3) is 0 Å². The van der Waals surface area contributed by atoms with Crippen LogP contribution in [0.4, 0.5) is 0 Å². The molecule has 0 aromatic heterocycles. The molecule has 7 nitrogen and oxygen atoms in total. The van der Waals surface area contributed by atoms with Crippen LogP contribution in [0.1, 0.15) is 25.7 Å². The van der Waals surface area contributed by atoms with Crippen molar-refractivity contribution in [3.05, 3.63) is 0 Å². The van der Waals surface area contributed by atoms with Crippen molar-refractivity contribution in [2.75, 3.05) is 65.9 Å². The molecule has 0 saturated heterocycles. The molecule has 2 rings (SSSR count). The highest BCUT2D eigenvalue weighted by molar-refractivity contribution is 5.82. The quantitative estimate of drug-likeness (QED) is 0.318. The second kappa shape index (κ2) is 13.9. The van der Waals surface area contributed by atoms with Gasteiger partial charge in [-0.25, -0.2) is 0 Å². The lowest BCUT2D eigenvalue weighted by molar-refractivity contribution is -0.123. The molecule has 0 aliphatic heterocycles. The third kappa shape index (κ3) is 9.04. The Labute approximate surface area is 162 Å². The predicted octanol–water partition coefficient (Wildman–Crippen LogP) is 0.567. The van der Waals surface area contributed by atoms with Crippen LogP contribution in [0.15, 0.2) is 0 Å². The fraction of sp³-hybridized carbons (Fsp3) is 0.850. The molecule has 2 aliphatic carbocycles. The van der Waals surface area contributed by atoms with Gasteiger partial charge < -0.3 is 30.0 Å². The normalized spacial score (nSPS) is 23.5. The molecule has 1 amide bonds. The average Bonchev–Trinajstić information content (AvgIpc) is 3.32. The van der Waals surface area contributed by atoms with E-state index in [0.29, 0.717) is 77.8 Å². The van der Waals surface area contributed by atoms with Crippen molar-refractivity contribution in [1.29, 1.82) is 0 Å². The van der Waals surface area contributed by atoms with Gasteiger partial charge in [0.05, 0.1) is 52.9 Å². The van der Waals surface area contributed by atoms with Crippen molar-refractivity contribution in [3.63, 3.8) is 0 Å². The summed E-state index contributed by atoms with van der Waals surface area (Å²) in [5.41, 5.74) is 5.31. The molecule has 0 radical (unpaired) electrons. The molecule has 154 valence electrons. The lowest BCUT2D eigenvalue weighted by Crippen LogP contribution is -2.30. The van der Waals surface area contributed by atoms with Crippen LogP contribution in [0.3, 0.4) is 0 Å². The largest absolute Gasteiger partial charge is 0.378 e. The average molecular weight is 383 g/mol. The number of nitrogens with two attached hydrogens (primary N) is 1. The molecule has 3 atom stereocenters. The number of nitrogens with one attached hydrogen (secondary N) is 1. The first-order chi connectivity index (χ1) is 13.3. The molecule has 1 unspecified atom stereocenters. The second-order valence-electron chi connectivity index (χ2n) is 6.81. The summed E-state index contributed by atoms with van der Waals surface area (Å²) in [6.45, 7) is 5.37. The summed E-state index contributed by atoms with van der Waals surface area (Å²) in [6, 6.07) is 0. The maximum atomic E-state index is 12.3. The monoisotopic (exact) mass is 382 g/mol. The maximum Gasteiger partial charge on any atom is 0.223 e. The van der Waals surface area contributed by atoms with E-state index in [1.54, 1.807) is 0 Å². The molecule has 0 aromatic rings. The van der Waals surface area contributed by atoms with Crippen LogP contribution in [-0.2, 0) is 23.7 Å². The number of amides is 1. The predicted molar refractivity (Wildman–Crippen MR) is 102 cm³/mol. The van der Waals surface area contributed by atoms with E-state index < -0.39 is 0 Å². The van der Waals surface area contributed by atoms with Gasteiger partial charge in [-0.15, -0.1) is 11.8 Å². The minimum atomic E-state index is 0.180. The topological polar surface area (TPSA) is 92.0 Å². The Balaban J connectivity index is 1.34. The van der Waals surface area contributed by atoms with Crippen LogP contribution < -0.4 is 11.1 Å². The molecular weight excluding hydrogens is 348 g/mol. The number of carbonyl (C=O) groups excluding carboxylic acids is 1. The number of ether oxygens (including phenoxy) is 4. The number of carbonyl (C=O) groups is 1. The van der Waals surface area contributed by atoms with Gasteiger partial charge in [0, 0.05) is 31.8 Å². The first-order valence-corrected chi connectivity index (χ1v) is 10.1. The number of hydrogen-bond donors (Lipinski definition) is 2. The van der Waals surface area contributed by atoms with Crippen molar-refractivity contribution in [1.82, 2.24) is 5.32 Å². The zero-order chi connectivity index (χ0) is 19.2. The van der Waals surface area contributed by atoms with Gasteiger partial charge in [0.2, 0.25) is 5.91 Å². The second-order valence-corrected chi connectivity index (χ2v) is 6.81. The van der Waals surface area contributed by atoms with Gasteiger partial charge >= 0.3 is 0 Å². The smallest absolute Gasteiger partial charge is 0.223 e. The fourth-order valence-electron chi connectivity index (χ4n) is 3.48. The first-order valence-electron chi connectivity index (χ1n) is 10.1. The summed E-state index contributed by atoms with van der Waals surface area (Å²) in [6.07, 6.45) is 3.99. The standard InChI is InChI=1S/C20H34N2O5/c21-7-9-24-11-13-26-15-16-27-14-12-25-10-8-22-20(23)19-17-5-3-1-2-4-6-18(17)19/h17-19H,3-16,21H2,(H,22,23)/t17-,18+,19?. The summed E-state index contributed by atoms with van der Waals surface area (Å²) in [7, 11) is 0. The molecule has 3 N–H and O–H groups in total. The van der Waals surface area contributed by atoms with E-state index in [1.165, 1.54) is 0 Å². The van der Waals surface area contributed by atoms with E-state index >= 15 is 0 Å². The summed E-state index contributed by atoms with van der Waals surface area (Å²) >= 11 is 0. The Bertz CT molecular complexity index is 459. The Morgan fingerprint density at radius 2 is 1.30 bits per heavy atom. The Morgan fingerprint density at radius 3 is 1.81 bits per heavy atom. The van der Waals surface area contributed by atoms with Crippen molar-refractivity contribution in [3.8, 4) is 11.8 Å². The Hall–Kier alpha value is -1.17. The lowest BCUT2D eigenvalue weighted by atomic mass is 10.1. The zero-order valence-electron chi connectivity index (χ0n) is 16.3. The van der Waals surface area contributed by atoms with Crippen LogP contribution in [0.5, 0.6) is 0 Å². The summed E-state index contributed by atoms with van der Waals surface area (Å²) in [5, 5.41) is 3.00. The van der Waals surface area contributed by atoms with Gasteiger partial charge in [0.15, 0.2) is 0 Å². The van der Waals surface area contributed by atoms with Crippen molar-refractivity contribution in [2.45, 2.75) is 25.7 Å². The summed E-state index contributed by atoms with van der Waals surface area (Å²) in [5.74, 6) is 7.80.